The fourth-order valence-electron chi connectivity index (χ4n) is 3.12. The van der Waals surface area contributed by atoms with E-state index in [1.165, 1.54) is 0 Å². The molecule has 3 heterocycles. The Morgan fingerprint density at radius 2 is 2.24 bits per heavy atom. The minimum atomic E-state index is -0.203. The Balaban J connectivity index is 1.67. The number of imidazole rings is 1. The third-order valence-corrected chi connectivity index (χ3v) is 4.63. The number of nitrogens with zero attached hydrogens (tertiary/aromatic N) is 3. The summed E-state index contributed by atoms with van der Waals surface area (Å²) in [6.07, 6.45) is 6.21. The molecular weight excluding hydrogens is 322 g/mol. The first kappa shape index (κ1) is 17.7. The van der Waals surface area contributed by atoms with Gasteiger partial charge in [0, 0.05) is 19.8 Å². The molecule has 2 aromatic heterocycles. The van der Waals surface area contributed by atoms with Gasteiger partial charge in [0.1, 0.15) is 5.52 Å². The van der Waals surface area contributed by atoms with E-state index >= 15 is 0 Å². The number of hydrogen-bond donors (Lipinski definition) is 2. The van der Waals surface area contributed by atoms with Crippen molar-refractivity contribution in [1.82, 2.24) is 19.5 Å². The van der Waals surface area contributed by atoms with Crippen LogP contribution in [0.5, 0.6) is 6.01 Å². The van der Waals surface area contributed by atoms with Gasteiger partial charge in [0.2, 0.25) is 0 Å². The van der Waals surface area contributed by atoms with Crippen molar-refractivity contribution >= 4 is 17.0 Å². The minimum Gasteiger partial charge on any atom is -0.463 e. The summed E-state index contributed by atoms with van der Waals surface area (Å²) >= 11 is 0. The van der Waals surface area contributed by atoms with E-state index in [1.54, 1.807) is 4.57 Å². The van der Waals surface area contributed by atoms with Crippen molar-refractivity contribution in [3.05, 3.63) is 10.5 Å². The number of nitrogens with two attached hydrogens (primary N) is 1. The minimum absolute atomic E-state index is 0.203. The van der Waals surface area contributed by atoms with Gasteiger partial charge in [-0.05, 0) is 31.6 Å². The third kappa shape index (κ3) is 4.31. The Morgan fingerprint density at radius 1 is 1.36 bits per heavy atom. The molecule has 8 heteroatoms. The molecule has 1 aliphatic rings. The second-order valence-electron chi connectivity index (χ2n) is 6.60. The maximum Gasteiger partial charge on any atom is 0.327 e. The largest absolute Gasteiger partial charge is 0.463 e. The summed E-state index contributed by atoms with van der Waals surface area (Å²) < 4.78 is 12.6. The zero-order valence-electron chi connectivity index (χ0n) is 14.8. The van der Waals surface area contributed by atoms with Crippen molar-refractivity contribution in [2.24, 2.45) is 5.92 Å². The summed E-state index contributed by atoms with van der Waals surface area (Å²) in [6, 6.07) is 0.231. The molecule has 0 amide bonds. The molecule has 25 heavy (non-hydrogen) atoms. The predicted octanol–water partition coefficient (Wildman–Crippen LogP) is 2.09. The molecule has 1 fully saturated rings. The van der Waals surface area contributed by atoms with Crippen molar-refractivity contribution in [3.63, 3.8) is 0 Å². The molecule has 0 aromatic carbocycles. The molecule has 1 saturated heterocycles. The van der Waals surface area contributed by atoms with Crippen LogP contribution in [0.3, 0.4) is 0 Å². The predicted molar refractivity (Wildman–Crippen MR) is 95.7 cm³/mol. The fourth-order valence-corrected chi connectivity index (χ4v) is 3.12. The third-order valence-electron chi connectivity index (χ3n) is 4.63. The standard InChI is InChI=1S/C17H27N5O3/c1-2-3-9-25-16-20-14(18)13-15(21-16)22(17(23)19-13)8-5-4-6-12-7-10-24-11-12/h12H,2-11H2,1H3,(H,19,23)(H2,18,20,21). The lowest BCUT2D eigenvalue weighted by Gasteiger charge is -2.08. The normalized spacial score (nSPS) is 17.4. The van der Waals surface area contributed by atoms with Crippen molar-refractivity contribution in [3.8, 4) is 6.01 Å². The van der Waals surface area contributed by atoms with Crippen LogP contribution in [-0.2, 0) is 11.3 Å². The van der Waals surface area contributed by atoms with E-state index in [2.05, 4.69) is 21.9 Å². The topological polar surface area (TPSA) is 108 Å². The summed E-state index contributed by atoms with van der Waals surface area (Å²) in [6.45, 7) is 4.99. The number of aryl methyl sites for hydroxylation is 1. The molecule has 0 spiro atoms. The average molecular weight is 349 g/mol. The quantitative estimate of drug-likeness (QED) is 0.671. The fraction of sp³-hybridized carbons (Fsp3) is 0.706. The van der Waals surface area contributed by atoms with Crippen LogP contribution < -0.4 is 16.2 Å². The lowest BCUT2D eigenvalue weighted by Crippen LogP contribution is -2.17. The van der Waals surface area contributed by atoms with Gasteiger partial charge in [0.15, 0.2) is 11.5 Å². The number of ether oxygens (including phenoxy) is 2. The number of hydrogen-bond acceptors (Lipinski definition) is 6. The molecule has 0 saturated carbocycles. The van der Waals surface area contributed by atoms with Crippen LogP contribution in [0.1, 0.15) is 45.4 Å². The number of aromatic nitrogens is 4. The van der Waals surface area contributed by atoms with Gasteiger partial charge in [-0.15, -0.1) is 0 Å². The molecule has 3 rings (SSSR count). The van der Waals surface area contributed by atoms with Crippen LogP contribution in [0, 0.1) is 5.92 Å². The van der Waals surface area contributed by atoms with E-state index in [0.717, 1.165) is 51.7 Å². The van der Waals surface area contributed by atoms with E-state index in [0.29, 0.717) is 30.2 Å². The highest BCUT2D eigenvalue weighted by molar-refractivity contribution is 5.81. The zero-order chi connectivity index (χ0) is 17.6. The van der Waals surface area contributed by atoms with Gasteiger partial charge in [0.05, 0.1) is 6.61 Å². The van der Waals surface area contributed by atoms with Gasteiger partial charge in [-0.3, -0.25) is 4.57 Å². The zero-order valence-corrected chi connectivity index (χ0v) is 14.8. The number of aromatic amines is 1. The Bertz CT molecular complexity index is 749. The number of nitrogen functional groups attached to an aromatic ring is 1. The Kier molecular flexibility index (Phi) is 5.91. The van der Waals surface area contributed by atoms with Crippen molar-refractivity contribution < 1.29 is 9.47 Å². The van der Waals surface area contributed by atoms with Gasteiger partial charge < -0.3 is 20.2 Å². The summed E-state index contributed by atoms with van der Waals surface area (Å²) in [5.74, 6) is 0.909. The molecule has 3 N–H and O–H groups in total. The van der Waals surface area contributed by atoms with Crippen LogP contribution in [0.15, 0.2) is 4.79 Å². The number of rotatable bonds is 9. The van der Waals surface area contributed by atoms with Gasteiger partial charge in [-0.25, -0.2) is 4.79 Å². The van der Waals surface area contributed by atoms with E-state index in [1.807, 2.05) is 0 Å². The van der Waals surface area contributed by atoms with Crippen LogP contribution in [0.2, 0.25) is 0 Å². The van der Waals surface area contributed by atoms with E-state index < -0.39 is 0 Å². The van der Waals surface area contributed by atoms with Crippen LogP contribution in [0.25, 0.3) is 11.2 Å². The smallest absolute Gasteiger partial charge is 0.327 e. The van der Waals surface area contributed by atoms with Crippen LogP contribution in [0.4, 0.5) is 5.82 Å². The Morgan fingerprint density at radius 3 is 3.00 bits per heavy atom. The molecular formula is C17H27N5O3. The van der Waals surface area contributed by atoms with E-state index in [-0.39, 0.29) is 17.5 Å². The maximum absolute atomic E-state index is 12.2. The highest BCUT2D eigenvalue weighted by Crippen LogP contribution is 2.21. The summed E-state index contributed by atoms with van der Waals surface area (Å²) in [5, 5.41) is 0. The highest BCUT2D eigenvalue weighted by Gasteiger charge is 2.16. The molecule has 1 atom stereocenters. The first-order valence-corrected chi connectivity index (χ1v) is 9.15. The lowest BCUT2D eigenvalue weighted by molar-refractivity contribution is 0.183. The van der Waals surface area contributed by atoms with E-state index in [9.17, 15) is 4.79 Å². The first-order valence-electron chi connectivity index (χ1n) is 9.15. The monoisotopic (exact) mass is 349 g/mol. The second kappa shape index (κ2) is 8.33. The van der Waals surface area contributed by atoms with Gasteiger partial charge >= 0.3 is 11.7 Å². The molecule has 1 aliphatic heterocycles. The average Bonchev–Trinajstić information content (AvgIpc) is 3.21. The highest BCUT2D eigenvalue weighted by atomic mass is 16.5. The Hall–Kier alpha value is -2.09. The SMILES string of the molecule is CCCCOc1nc(N)c2[nH]c(=O)n(CCCCC3CCOC3)c2n1. The van der Waals surface area contributed by atoms with E-state index in [4.69, 9.17) is 15.2 Å². The molecule has 1 unspecified atom stereocenters. The van der Waals surface area contributed by atoms with Crippen molar-refractivity contribution in [2.45, 2.75) is 52.0 Å². The maximum atomic E-state index is 12.2. The summed E-state index contributed by atoms with van der Waals surface area (Å²) in [4.78, 5) is 23.5. The number of anilines is 1. The molecule has 0 bridgehead atoms. The van der Waals surface area contributed by atoms with Gasteiger partial charge in [-0.2, -0.15) is 9.97 Å². The number of nitrogens with one attached hydrogen (secondary N) is 1. The number of fused-ring (bicyclic) bond motifs is 1. The number of unbranched alkanes of at least 4 members (excludes halogenated alkanes) is 2. The summed E-state index contributed by atoms with van der Waals surface area (Å²) in [5.41, 5.74) is 6.75. The van der Waals surface area contributed by atoms with Crippen molar-refractivity contribution in [1.29, 1.82) is 0 Å². The van der Waals surface area contributed by atoms with Crippen LogP contribution >= 0.6 is 0 Å². The number of H-pyrrole nitrogens is 1. The molecule has 138 valence electrons. The van der Waals surface area contributed by atoms with Gasteiger partial charge in [0.25, 0.3) is 0 Å². The molecule has 2 aromatic rings. The summed E-state index contributed by atoms with van der Waals surface area (Å²) in [7, 11) is 0. The molecule has 0 radical (unpaired) electrons. The Labute approximate surface area is 146 Å². The lowest BCUT2D eigenvalue weighted by atomic mass is 10.0. The molecule has 8 nitrogen and oxygen atoms in total. The first-order chi connectivity index (χ1) is 12.2. The molecule has 0 aliphatic carbocycles. The van der Waals surface area contributed by atoms with Crippen molar-refractivity contribution in [2.75, 3.05) is 25.6 Å². The second-order valence-corrected chi connectivity index (χ2v) is 6.60. The van der Waals surface area contributed by atoms with Gasteiger partial charge in [-0.1, -0.05) is 19.8 Å². The van der Waals surface area contributed by atoms with Crippen LogP contribution in [-0.4, -0.2) is 39.3 Å².